The second-order valence-corrected chi connectivity index (χ2v) is 6.93. The molecule has 0 saturated heterocycles. The molecule has 1 fully saturated rings. The average Bonchev–Trinajstić information content (AvgIpc) is 2.80. The number of halogens is 2. The number of carbonyl (C=O) groups excluding carboxylic acids is 1. The molecule has 18 heavy (non-hydrogen) atoms. The highest BCUT2D eigenvalue weighted by Crippen LogP contribution is 2.64. The van der Waals surface area contributed by atoms with Gasteiger partial charge in [-0.1, -0.05) is 26.0 Å². The maximum absolute atomic E-state index is 12.1. The summed E-state index contributed by atoms with van der Waals surface area (Å²) in [6.07, 6.45) is 0.499. The van der Waals surface area contributed by atoms with Crippen LogP contribution in [0.1, 0.15) is 38.7 Å². The van der Waals surface area contributed by atoms with Gasteiger partial charge in [0.25, 0.3) is 0 Å². The summed E-state index contributed by atoms with van der Waals surface area (Å²) >= 11 is 12.0. The molecule has 2 rings (SSSR count). The van der Waals surface area contributed by atoms with Gasteiger partial charge in [-0.2, -0.15) is 0 Å². The van der Waals surface area contributed by atoms with Crippen LogP contribution in [0.15, 0.2) is 24.3 Å². The van der Waals surface area contributed by atoms with E-state index in [1.807, 2.05) is 24.3 Å². The minimum absolute atomic E-state index is 0.121. The molecule has 0 heterocycles. The Kier molecular flexibility index (Phi) is 3.37. The molecule has 4 heteroatoms. The first kappa shape index (κ1) is 13.7. The minimum atomic E-state index is -0.922. The lowest BCUT2D eigenvalue weighted by Gasteiger charge is -2.13. The van der Waals surface area contributed by atoms with E-state index >= 15 is 0 Å². The molecule has 1 aliphatic carbocycles. The number of anilines is 1. The van der Waals surface area contributed by atoms with E-state index in [0.29, 0.717) is 12.3 Å². The predicted octanol–water partition coefficient (Wildman–Crippen LogP) is 4.33. The first-order valence-electron chi connectivity index (χ1n) is 6.05. The van der Waals surface area contributed by atoms with Gasteiger partial charge in [0, 0.05) is 5.69 Å². The molecule has 1 unspecified atom stereocenters. The lowest BCUT2D eigenvalue weighted by molar-refractivity contribution is -0.120. The van der Waals surface area contributed by atoms with Crippen LogP contribution in [0.2, 0.25) is 0 Å². The van der Waals surface area contributed by atoms with Crippen molar-refractivity contribution in [3.05, 3.63) is 29.8 Å². The third kappa shape index (κ3) is 2.36. The molecule has 0 aliphatic heterocycles. The zero-order valence-corrected chi connectivity index (χ0v) is 12.3. The largest absolute Gasteiger partial charge is 0.326 e. The standard InChI is InChI=1S/C14H17Cl2NO/c1-9(2)10-4-6-11(7-5-10)17-12(18)13(3)8-14(13,15)16/h4-7,9H,8H2,1-3H3,(H,17,18). The maximum Gasteiger partial charge on any atom is 0.233 e. The van der Waals surface area contributed by atoms with Crippen LogP contribution in [-0.4, -0.2) is 10.2 Å². The summed E-state index contributed by atoms with van der Waals surface area (Å²) in [6.45, 7) is 6.05. The number of carbonyl (C=O) groups is 1. The topological polar surface area (TPSA) is 29.1 Å². The van der Waals surface area contributed by atoms with Gasteiger partial charge >= 0.3 is 0 Å². The van der Waals surface area contributed by atoms with Crippen molar-refractivity contribution >= 4 is 34.8 Å². The SMILES string of the molecule is CC(C)c1ccc(NC(=O)C2(C)CC2(Cl)Cl)cc1. The molecule has 0 aromatic heterocycles. The lowest BCUT2D eigenvalue weighted by atomic mass is 10.0. The highest BCUT2D eigenvalue weighted by atomic mass is 35.5. The van der Waals surface area contributed by atoms with Crippen LogP contribution in [0.25, 0.3) is 0 Å². The van der Waals surface area contributed by atoms with Gasteiger partial charge in [0.1, 0.15) is 4.33 Å². The molecule has 2 nitrogen and oxygen atoms in total. The fourth-order valence-corrected chi connectivity index (χ4v) is 2.57. The zero-order chi connectivity index (χ0) is 13.6. The number of benzene rings is 1. The summed E-state index contributed by atoms with van der Waals surface area (Å²) in [5.74, 6) is 0.360. The van der Waals surface area contributed by atoms with Crippen LogP contribution in [0.4, 0.5) is 5.69 Å². The zero-order valence-electron chi connectivity index (χ0n) is 10.8. The van der Waals surface area contributed by atoms with E-state index in [1.54, 1.807) is 6.92 Å². The first-order chi connectivity index (χ1) is 8.26. The Morgan fingerprint density at radius 2 is 1.78 bits per heavy atom. The molecule has 1 atom stereocenters. The smallest absolute Gasteiger partial charge is 0.233 e. The average molecular weight is 286 g/mol. The molecule has 98 valence electrons. The van der Waals surface area contributed by atoms with Crippen molar-refractivity contribution in [2.24, 2.45) is 5.41 Å². The lowest BCUT2D eigenvalue weighted by Crippen LogP contribution is -2.25. The fraction of sp³-hybridized carbons (Fsp3) is 0.500. The molecule has 1 aromatic carbocycles. The van der Waals surface area contributed by atoms with Gasteiger partial charge < -0.3 is 5.32 Å². The molecule has 0 bridgehead atoms. The van der Waals surface area contributed by atoms with Gasteiger partial charge in [-0.25, -0.2) is 0 Å². The third-order valence-corrected chi connectivity index (χ3v) is 4.70. The molecular formula is C14H17Cl2NO. The van der Waals surface area contributed by atoms with Crippen LogP contribution in [0.5, 0.6) is 0 Å². The van der Waals surface area contributed by atoms with E-state index in [2.05, 4.69) is 19.2 Å². The summed E-state index contributed by atoms with van der Waals surface area (Å²) in [6, 6.07) is 7.85. The van der Waals surface area contributed by atoms with Crippen molar-refractivity contribution in [1.29, 1.82) is 0 Å². The summed E-state index contributed by atoms with van der Waals surface area (Å²) < 4.78 is -0.922. The monoisotopic (exact) mass is 285 g/mol. The van der Waals surface area contributed by atoms with E-state index in [-0.39, 0.29) is 5.91 Å². The molecule has 1 aliphatic rings. The Labute approximate surface area is 118 Å². The maximum atomic E-state index is 12.1. The van der Waals surface area contributed by atoms with Crippen LogP contribution < -0.4 is 5.32 Å². The summed E-state index contributed by atoms with van der Waals surface area (Å²) in [7, 11) is 0. The number of hydrogen-bond acceptors (Lipinski definition) is 1. The Morgan fingerprint density at radius 3 is 2.17 bits per heavy atom. The second-order valence-electron chi connectivity index (χ2n) is 5.44. The number of alkyl halides is 2. The highest BCUT2D eigenvalue weighted by molar-refractivity contribution is 6.53. The molecule has 1 saturated carbocycles. The number of rotatable bonds is 3. The van der Waals surface area contributed by atoms with Crippen LogP contribution in [0, 0.1) is 5.41 Å². The Hall–Kier alpha value is -0.730. The second kappa shape index (κ2) is 4.43. The molecule has 1 N–H and O–H groups in total. The first-order valence-corrected chi connectivity index (χ1v) is 6.81. The van der Waals surface area contributed by atoms with Gasteiger partial charge in [0.15, 0.2) is 0 Å². The van der Waals surface area contributed by atoms with Gasteiger partial charge in [-0.15, -0.1) is 23.2 Å². The van der Waals surface area contributed by atoms with Crippen LogP contribution >= 0.6 is 23.2 Å². The third-order valence-electron chi connectivity index (χ3n) is 3.59. The van der Waals surface area contributed by atoms with Gasteiger partial charge in [0.05, 0.1) is 5.41 Å². The molecular weight excluding hydrogens is 269 g/mol. The summed E-state index contributed by atoms with van der Waals surface area (Å²) in [4.78, 5) is 12.1. The summed E-state index contributed by atoms with van der Waals surface area (Å²) in [5, 5.41) is 2.86. The Bertz CT molecular complexity index is 467. The highest BCUT2D eigenvalue weighted by Gasteiger charge is 2.67. The van der Waals surface area contributed by atoms with Gasteiger partial charge in [-0.05, 0) is 37.0 Å². The van der Waals surface area contributed by atoms with Crippen molar-refractivity contribution in [1.82, 2.24) is 0 Å². The van der Waals surface area contributed by atoms with Crippen molar-refractivity contribution in [2.75, 3.05) is 5.32 Å². The Morgan fingerprint density at radius 1 is 1.28 bits per heavy atom. The van der Waals surface area contributed by atoms with E-state index in [0.717, 1.165) is 5.69 Å². The summed E-state index contributed by atoms with van der Waals surface area (Å²) in [5.41, 5.74) is 1.35. The van der Waals surface area contributed by atoms with E-state index < -0.39 is 9.75 Å². The minimum Gasteiger partial charge on any atom is -0.326 e. The normalized spacial score (nSPS) is 25.0. The van der Waals surface area contributed by atoms with Crippen molar-refractivity contribution < 1.29 is 4.79 Å². The van der Waals surface area contributed by atoms with Crippen LogP contribution in [-0.2, 0) is 4.79 Å². The number of nitrogens with one attached hydrogen (secondary N) is 1. The fourth-order valence-electron chi connectivity index (χ4n) is 1.87. The van der Waals surface area contributed by atoms with Crippen molar-refractivity contribution in [3.8, 4) is 0 Å². The predicted molar refractivity (Wildman–Crippen MR) is 76.3 cm³/mol. The van der Waals surface area contributed by atoms with Crippen molar-refractivity contribution in [2.45, 2.75) is 37.4 Å². The molecule has 0 spiro atoms. The van der Waals surface area contributed by atoms with E-state index in [1.165, 1.54) is 5.56 Å². The number of hydrogen-bond donors (Lipinski definition) is 1. The van der Waals surface area contributed by atoms with Gasteiger partial charge in [0.2, 0.25) is 5.91 Å². The number of amides is 1. The molecule has 0 radical (unpaired) electrons. The molecule has 1 amide bonds. The van der Waals surface area contributed by atoms with Crippen molar-refractivity contribution in [3.63, 3.8) is 0 Å². The van der Waals surface area contributed by atoms with Gasteiger partial charge in [-0.3, -0.25) is 4.79 Å². The Balaban J connectivity index is 2.05. The quantitative estimate of drug-likeness (QED) is 0.823. The van der Waals surface area contributed by atoms with Crippen LogP contribution in [0.3, 0.4) is 0 Å². The molecule has 1 aromatic rings. The van der Waals surface area contributed by atoms with E-state index in [9.17, 15) is 4.79 Å². The van der Waals surface area contributed by atoms with E-state index in [4.69, 9.17) is 23.2 Å².